The van der Waals surface area contributed by atoms with Gasteiger partial charge >= 0.3 is 0 Å². The van der Waals surface area contributed by atoms with Crippen molar-refractivity contribution in [3.05, 3.63) is 95.9 Å². The maximum Gasteiger partial charge on any atom is 0.255 e. The molecule has 2 heterocycles. The second-order valence-electron chi connectivity index (χ2n) is 8.58. The van der Waals surface area contributed by atoms with E-state index in [1.54, 1.807) is 18.6 Å². The minimum atomic E-state index is -0.320. The number of hydrogen-bond acceptors (Lipinski definition) is 6. The average molecular weight is 468 g/mol. The molecule has 0 spiro atoms. The van der Waals surface area contributed by atoms with Gasteiger partial charge in [0, 0.05) is 60.8 Å². The lowest BCUT2D eigenvalue weighted by molar-refractivity contribution is 0.102. The number of nitrogens with one attached hydrogen (secondary N) is 1. The van der Waals surface area contributed by atoms with Crippen molar-refractivity contribution in [2.75, 3.05) is 30.0 Å². The van der Waals surface area contributed by atoms with Crippen molar-refractivity contribution >= 4 is 23.1 Å². The third-order valence-electron chi connectivity index (χ3n) is 5.75. The van der Waals surface area contributed by atoms with Gasteiger partial charge in [-0.05, 0) is 61.4 Å². The van der Waals surface area contributed by atoms with Crippen molar-refractivity contribution in [2.45, 2.75) is 20.0 Å². The van der Waals surface area contributed by atoms with Crippen molar-refractivity contribution < 1.29 is 9.53 Å². The Kier molecular flexibility index (Phi) is 6.96. The highest BCUT2D eigenvalue weighted by Crippen LogP contribution is 2.31. The summed E-state index contributed by atoms with van der Waals surface area (Å²) in [6, 6.07) is 19.0. The molecule has 7 nitrogen and oxygen atoms in total. The molecule has 1 amide bonds. The number of nitrogens with two attached hydrogens (primary N) is 1. The lowest BCUT2D eigenvalue weighted by atomic mass is 10.1. The predicted octanol–water partition coefficient (Wildman–Crippen LogP) is 5.49. The van der Waals surface area contributed by atoms with Gasteiger partial charge in [-0.3, -0.25) is 9.78 Å². The highest BCUT2D eigenvalue weighted by molar-refractivity contribution is 6.05. The van der Waals surface area contributed by atoms with Crippen molar-refractivity contribution in [2.24, 2.45) is 0 Å². The van der Waals surface area contributed by atoms with Crippen LogP contribution in [-0.2, 0) is 0 Å². The molecule has 178 valence electrons. The van der Waals surface area contributed by atoms with Gasteiger partial charge in [0.2, 0.25) is 0 Å². The van der Waals surface area contributed by atoms with Gasteiger partial charge in [-0.1, -0.05) is 24.3 Å². The van der Waals surface area contributed by atoms with Gasteiger partial charge in [-0.2, -0.15) is 0 Å². The number of carbonyl (C=O) groups excluding carboxylic acids is 1. The van der Waals surface area contributed by atoms with Gasteiger partial charge in [0.05, 0.1) is 0 Å². The minimum Gasteiger partial charge on any atom is -0.482 e. The zero-order valence-electron chi connectivity index (χ0n) is 20.3. The number of nitrogen functional groups attached to an aromatic ring is 1. The van der Waals surface area contributed by atoms with Crippen LogP contribution in [0.4, 0.5) is 17.2 Å². The van der Waals surface area contributed by atoms with Gasteiger partial charge in [-0.15, -0.1) is 0 Å². The fourth-order valence-electron chi connectivity index (χ4n) is 3.80. The van der Waals surface area contributed by atoms with Crippen LogP contribution in [0, 0.1) is 6.92 Å². The molecule has 1 atom stereocenters. The first-order chi connectivity index (χ1) is 16.8. The zero-order valence-corrected chi connectivity index (χ0v) is 20.3. The van der Waals surface area contributed by atoms with Gasteiger partial charge in [0.1, 0.15) is 6.10 Å². The van der Waals surface area contributed by atoms with E-state index in [1.165, 1.54) is 0 Å². The molecule has 3 N–H and O–H groups in total. The monoisotopic (exact) mass is 467 g/mol. The fraction of sp³-hybridized carbons (Fsp3) is 0.179. The Morgan fingerprint density at radius 2 is 1.86 bits per heavy atom. The van der Waals surface area contributed by atoms with Crippen LogP contribution < -0.4 is 20.7 Å². The molecule has 0 aliphatic heterocycles. The van der Waals surface area contributed by atoms with E-state index in [9.17, 15) is 4.79 Å². The first-order valence-corrected chi connectivity index (χ1v) is 11.3. The average Bonchev–Trinajstić information content (AvgIpc) is 2.86. The maximum absolute atomic E-state index is 12.9. The number of rotatable bonds is 7. The molecule has 0 bridgehead atoms. The van der Waals surface area contributed by atoms with E-state index in [1.807, 2.05) is 93.5 Å². The summed E-state index contributed by atoms with van der Waals surface area (Å²) in [4.78, 5) is 23.3. The summed E-state index contributed by atoms with van der Waals surface area (Å²) in [5, 5.41) is 2.99. The maximum atomic E-state index is 12.9. The van der Waals surface area contributed by atoms with Gasteiger partial charge in [-0.25, -0.2) is 4.98 Å². The molecule has 4 aromatic rings. The Balaban J connectivity index is 1.50. The molecule has 0 saturated carbocycles. The Bertz CT molecular complexity index is 1340. The molecule has 7 heteroatoms. The normalized spacial score (nSPS) is 11.5. The van der Waals surface area contributed by atoms with Crippen LogP contribution in [0.5, 0.6) is 5.75 Å². The smallest absolute Gasteiger partial charge is 0.255 e. The number of carbonyl (C=O) groups is 1. The highest BCUT2D eigenvalue weighted by Gasteiger charge is 2.14. The van der Waals surface area contributed by atoms with E-state index in [4.69, 9.17) is 10.5 Å². The highest BCUT2D eigenvalue weighted by atomic mass is 16.5. The Morgan fingerprint density at radius 1 is 1.03 bits per heavy atom. The molecule has 0 radical (unpaired) electrons. The van der Waals surface area contributed by atoms with Crippen LogP contribution in [0.25, 0.3) is 11.1 Å². The van der Waals surface area contributed by atoms with Crippen molar-refractivity contribution in [3.63, 3.8) is 0 Å². The molecular formula is C28H29N5O2. The standard InChI is InChI=1S/C28H29N5O2/c1-18-10-11-21(14-25(18)33(3)4)28(34)32-24-9-5-7-20(13-24)19(2)35-26-15-23(17-31-27(26)29)22-8-6-12-30-16-22/h5-17,19H,1-4H3,(H2,29,31)(H,32,34). The number of anilines is 3. The Labute approximate surface area is 205 Å². The molecule has 0 aliphatic carbocycles. The third-order valence-corrected chi connectivity index (χ3v) is 5.75. The second-order valence-corrected chi connectivity index (χ2v) is 8.58. The van der Waals surface area contributed by atoms with Gasteiger partial charge in [0.25, 0.3) is 5.91 Å². The predicted molar refractivity (Wildman–Crippen MR) is 141 cm³/mol. The summed E-state index contributed by atoms with van der Waals surface area (Å²) >= 11 is 0. The van der Waals surface area contributed by atoms with Crippen LogP contribution in [-0.4, -0.2) is 30.0 Å². The van der Waals surface area contributed by atoms with E-state index in [0.717, 1.165) is 27.9 Å². The SMILES string of the molecule is Cc1ccc(C(=O)Nc2cccc(C(C)Oc3cc(-c4cccnc4)cnc3N)c2)cc1N(C)C. The molecule has 0 aliphatic rings. The van der Waals surface area contributed by atoms with Crippen LogP contribution in [0.15, 0.2) is 79.3 Å². The third kappa shape index (κ3) is 5.58. The molecule has 2 aromatic heterocycles. The van der Waals surface area contributed by atoms with Crippen LogP contribution >= 0.6 is 0 Å². The number of ether oxygens (including phenoxy) is 1. The molecule has 4 rings (SSSR count). The van der Waals surface area contributed by atoms with Gasteiger partial charge < -0.3 is 20.7 Å². The second kappa shape index (κ2) is 10.3. The zero-order chi connectivity index (χ0) is 24.9. The number of hydrogen-bond donors (Lipinski definition) is 2. The number of aryl methyl sites for hydroxylation is 1. The van der Waals surface area contributed by atoms with E-state index >= 15 is 0 Å². The van der Waals surface area contributed by atoms with Gasteiger partial charge in [0.15, 0.2) is 11.6 Å². The fourth-order valence-corrected chi connectivity index (χ4v) is 3.80. The lowest BCUT2D eigenvalue weighted by Gasteiger charge is -2.18. The largest absolute Gasteiger partial charge is 0.482 e. The van der Waals surface area contributed by atoms with Crippen LogP contribution in [0.2, 0.25) is 0 Å². The summed E-state index contributed by atoms with van der Waals surface area (Å²) < 4.78 is 6.17. The summed E-state index contributed by atoms with van der Waals surface area (Å²) in [5.74, 6) is 0.630. The van der Waals surface area contributed by atoms with Crippen molar-refractivity contribution in [3.8, 4) is 16.9 Å². The molecule has 2 aromatic carbocycles. The number of benzene rings is 2. The van der Waals surface area contributed by atoms with Crippen LogP contribution in [0.1, 0.15) is 34.5 Å². The number of nitrogens with zero attached hydrogens (tertiary/aromatic N) is 3. The lowest BCUT2D eigenvalue weighted by Crippen LogP contribution is -2.15. The molecule has 35 heavy (non-hydrogen) atoms. The minimum absolute atomic E-state index is 0.170. The Hall–Kier alpha value is -4.39. The van der Waals surface area contributed by atoms with E-state index in [0.29, 0.717) is 22.8 Å². The van der Waals surface area contributed by atoms with Crippen molar-refractivity contribution in [1.82, 2.24) is 9.97 Å². The summed E-state index contributed by atoms with van der Waals surface area (Å²) in [7, 11) is 3.92. The molecule has 1 unspecified atom stereocenters. The summed E-state index contributed by atoms with van der Waals surface area (Å²) in [6.45, 7) is 3.96. The topological polar surface area (TPSA) is 93.4 Å². The summed E-state index contributed by atoms with van der Waals surface area (Å²) in [6.07, 6.45) is 4.87. The number of pyridine rings is 2. The quantitative estimate of drug-likeness (QED) is 0.373. The molecule has 0 fully saturated rings. The van der Waals surface area contributed by atoms with E-state index in [-0.39, 0.29) is 12.0 Å². The summed E-state index contributed by atoms with van der Waals surface area (Å²) in [5.41, 5.74) is 12.2. The number of amides is 1. The first-order valence-electron chi connectivity index (χ1n) is 11.3. The molecule has 0 saturated heterocycles. The van der Waals surface area contributed by atoms with Crippen LogP contribution in [0.3, 0.4) is 0 Å². The number of aromatic nitrogens is 2. The first kappa shape index (κ1) is 23.8. The Morgan fingerprint density at radius 3 is 2.60 bits per heavy atom. The molecular weight excluding hydrogens is 438 g/mol. The van der Waals surface area contributed by atoms with E-state index < -0.39 is 0 Å². The van der Waals surface area contributed by atoms with E-state index in [2.05, 4.69) is 15.3 Å². The van der Waals surface area contributed by atoms with Crippen molar-refractivity contribution in [1.29, 1.82) is 0 Å².